The standard InChI is InChI=1S/C22H22N2O2S2/c1-21(2,3)26-20(25)22(4,5)28-17-12-11-16-19(27-13-24-16)18(17)14-7-9-15(23-6)10-8-14/h7-13H,1-5H3. The molecule has 0 unspecified atom stereocenters. The summed E-state index contributed by atoms with van der Waals surface area (Å²) in [5, 5.41) is 0. The van der Waals surface area contributed by atoms with Crippen molar-refractivity contribution in [2.24, 2.45) is 0 Å². The van der Waals surface area contributed by atoms with E-state index in [1.807, 2.05) is 76.5 Å². The zero-order valence-corrected chi connectivity index (χ0v) is 18.2. The van der Waals surface area contributed by atoms with E-state index in [-0.39, 0.29) is 5.97 Å². The summed E-state index contributed by atoms with van der Waals surface area (Å²) < 4.78 is 5.94. The Hall–Kier alpha value is -2.36. The highest BCUT2D eigenvalue weighted by Gasteiger charge is 2.34. The van der Waals surface area contributed by atoms with Crippen LogP contribution in [0.1, 0.15) is 34.6 Å². The van der Waals surface area contributed by atoms with Gasteiger partial charge in [-0.05, 0) is 52.3 Å². The Balaban J connectivity index is 2.06. The van der Waals surface area contributed by atoms with Crippen molar-refractivity contribution in [3.8, 4) is 11.1 Å². The van der Waals surface area contributed by atoms with E-state index in [1.165, 1.54) is 11.8 Å². The molecule has 0 spiro atoms. The van der Waals surface area contributed by atoms with Gasteiger partial charge in [0.15, 0.2) is 5.69 Å². The largest absolute Gasteiger partial charge is 0.459 e. The number of aromatic nitrogens is 1. The molecule has 0 radical (unpaired) electrons. The van der Waals surface area contributed by atoms with Gasteiger partial charge in [-0.2, -0.15) is 0 Å². The molecule has 0 bridgehead atoms. The second kappa shape index (κ2) is 7.57. The summed E-state index contributed by atoms with van der Waals surface area (Å²) in [6.45, 7) is 16.6. The number of carbonyl (C=O) groups excluding carboxylic acids is 1. The highest BCUT2D eigenvalue weighted by Crippen LogP contribution is 2.44. The van der Waals surface area contributed by atoms with Crippen LogP contribution in [0.3, 0.4) is 0 Å². The fourth-order valence-corrected chi connectivity index (χ4v) is 4.75. The predicted molar refractivity (Wildman–Crippen MR) is 117 cm³/mol. The van der Waals surface area contributed by atoms with Crippen molar-refractivity contribution in [2.75, 3.05) is 0 Å². The number of benzene rings is 2. The lowest BCUT2D eigenvalue weighted by Crippen LogP contribution is -2.36. The Bertz CT molecular complexity index is 1050. The first kappa shape index (κ1) is 20.4. The maximum absolute atomic E-state index is 12.7. The third kappa shape index (κ3) is 4.37. The van der Waals surface area contributed by atoms with Gasteiger partial charge in [-0.1, -0.05) is 24.3 Å². The zero-order chi connectivity index (χ0) is 20.5. The molecule has 1 aromatic heterocycles. The van der Waals surface area contributed by atoms with Gasteiger partial charge in [0.05, 0.1) is 22.3 Å². The number of carbonyl (C=O) groups is 1. The summed E-state index contributed by atoms with van der Waals surface area (Å²) in [5.41, 5.74) is 4.87. The molecule has 3 aromatic rings. The Morgan fingerprint density at radius 2 is 1.79 bits per heavy atom. The van der Waals surface area contributed by atoms with Gasteiger partial charge in [-0.25, -0.2) is 9.83 Å². The number of rotatable bonds is 4. The molecular formula is C22H22N2O2S2. The van der Waals surface area contributed by atoms with Gasteiger partial charge in [0.25, 0.3) is 0 Å². The first-order chi connectivity index (χ1) is 13.1. The Labute approximate surface area is 173 Å². The molecule has 1 heterocycles. The third-order valence-corrected chi connectivity index (χ3v) is 6.10. The maximum Gasteiger partial charge on any atom is 0.322 e. The van der Waals surface area contributed by atoms with Gasteiger partial charge in [0.2, 0.25) is 0 Å². The van der Waals surface area contributed by atoms with Crippen LogP contribution in [0.5, 0.6) is 0 Å². The number of thioether (sulfide) groups is 1. The van der Waals surface area contributed by atoms with E-state index in [0.717, 1.165) is 26.2 Å². The number of hydrogen-bond acceptors (Lipinski definition) is 5. The molecular weight excluding hydrogens is 388 g/mol. The summed E-state index contributed by atoms with van der Waals surface area (Å²) >= 11 is 3.06. The second-order valence-corrected chi connectivity index (χ2v) is 10.4. The number of nitrogens with zero attached hydrogens (tertiary/aromatic N) is 2. The Morgan fingerprint density at radius 1 is 1.11 bits per heavy atom. The molecule has 0 N–H and O–H groups in total. The van der Waals surface area contributed by atoms with Crippen LogP contribution >= 0.6 is 23.1 Å². The average molecular weight is 411 g/mol. The van der Waals surface area contributed by atoms with Crippen molar-refractivity contribution in [3.05, 3.63) is 53.3 Å². The van der Waals surface area contributed by atoms with Gasteiger partial charge in [-0.3, -0.25) is 4.79 Å². The monoisotopic (exact) mass is 410 g/mol. The highest BCUT2D eigenvalue weighted by molar-refractivity contribution is 8.01. The van der Waals surface area contributed by atoms with E-state index < -0.39 is 10.3 Å². The second-order valence-electron chi connectivity index (χ2n) is 7.91. The van der Waals surface area contributed by atoms with Crippen LogP contribution in [0.2, 0.25) is 0 Å². The van der Waals surface area contributed by atoms with Crippen molar-refractivity contribution in [2.45, 2.75) is 49.9 Å². The third-order valence-electron chi connectivity index (χ3n) is 4.00. The minimum atomic E-state index is -0.753. The smallest absolute Gasteiger partial charge is 0.322 e. The average Bonchev–Trinajstić information content (AvgIpc) is 3.08. The Morgan fingerprint density at radius 3 is 2.39 bits per heavy atom. The maximum atomic E-state index is 12.7. The van der Waals surface area contributed by atoms with E-state index in [2.05, 4.69) is 9.83 Å². The number of fused-ring (bicyclic) bond motifs is 1. The topological polar surface area (TPSA) is 43.5 Å². The van der Waals surface area contributed by atoms with Crippen molar-refractivity contribution in [1.29, 1.82) is 0 Å². The van der Waals surface area contributed by atoms with E-state index in [1.54, 1.807) is 11.3 Å². The molecule has 2 aromatic carbocycles. The van der Waals surface area contributed by atoms with Crippen molar-refractivity contribution in [1.82, 2.24) is 4.98 Å². The lowest BCUT2D eigenvalue weighted by Gasteiger charge is -2.28. The fraction of sp³-hybridized carbons (Fsp3) is 0.318. The molecule has 4 nitrogen and oxygen atoms in total. The molecule has 0 aliphatic carbocycles. The zero-order valence-electron chi connectivity index (χ0n) is 16.6. The van der Waals surface area contributed by atoms with E-state index >= 15 is 0 Å². The van der Waals surface area contributed by atoms with Gasteiger partial charge >= 0.3 is 5.97 Å². The number of hydrogen-bond donors (Lipinski definition) is 0. The fourth-order valence-electron chi connectivity index (χ4n) is 2.69. The lowest BCUT2D eigenvalue weighted by molar-refractivity contribution is -0.156. The predicted octanol–water partition coefficient (Wildman–Crippen LogP) is 6.73. The SMILES string of the molecule is [C-]#[N+]c1ccc(-c2c(SC(C)(C)C(=O)OC(C)(C)C)ccc3ncsc23)cc1. The van der Waals surface area contributed by atoms with Crippen LogP contribution in [0, 0.1) is 6.57 Å². The van der Waals surface area contributed by atoms with Crippen LogP contribution in [-0.4, -0.2) is 21.3 Å². The molecule has 0 saturated heterocycles. The lowest BCUT2D eigenvalue weighted by atomic mass is 10.0. The summed E-state index contributed by atoms with van der Waals surface area (Å²) in [7, 11) is 0. The van der Waals surface area contributed by atoms with E-state index in [9.17, 15) is 4.79 Å². The van der Waals surface area contributed by atoms with Crippen LogP contribution in [0.25, 0.3) is 26.2 Å². The van der Waals surface area contributed by atoms with Crippen LogP contribution in [-0.2, 0) is 9.53 Å². The quantitative estimate of drug-likeness (QED) is 0.272. The summed E-state index contributed by atoms with van der Waals surface area (Å²) in [6, 6.07) is 11.5. The molecule has 3 rings (SSSR count). The van der Waals surface area contributed by atoms with E-state index in [0.29, 0.717) is 5.69 Å². The first-order valence-electron chi connectivity index (χ1n) is 8.87. The minimum absolute atomic E-state index is 0.247. The summed E-state index contributed by atoms with van der Waals surface area (Å²) in [4.78, 5) is 21.6. The van der Waals surface area contributed by atoms with Crippen LogP contribution in [0.15, 0.2) is 46.8 Å². The number of thiazole rings is 1. The van der Waals surface area contributed by atoms with Gasteiger partial charge in [0, 0.05) is 10.5 Å². The molecule has 6 heteroatoms. The van der Waals surface area contributed by atoms with Crippen LogP contribution in [0.4, 0.5) is 5.69 Å². The molecule has 0 aliphatic rings. The van der Waals surface area contributed by atoms with E-state index in [4.69, 9.17) is 11.3 Å². The van der Waals surface area contributed by atoms with Crippen molar-refractivity contribution < 1.29 is 9.53 Å². The first-order valence-corrected chi connectivity index (χ1v) is 10.6. The normalized spacial score (nSPS) is 12.0. The van der Waals surface area contributed by atoms with Gasteiger partial charge in [-0.15, -0.1) is 23.1 Å². The molecule has 0 fully saturated rings. The Kier molecular flexibility index (Phi) is 5.51. The molecule has 0 atom stereocenters. The van der Waals surface area contributed by atoms with Gasteiger partial charge in [0.1, 0.15) is 10.3 Å². The summed E-state index contributed by atoms with van der Waals surface area (Å²) in [5.74, 6) is -0.247. The minimum Gasteiger partial charge on any atom is -0.459 e. The van der Waals surface area contributed by atoms with Crippen molar-refractivity contribution >= 4 is 45.0 Å². The number of esters is 1. The molecule has 0 aliphatic heterocycles. The molecule has 28 heavy (non-hydrogen) atoms. The molecule has 0 amide bonds. The van der Waals surface area contributed by atoms with Crippen molar-refractivity contribution in [3.63, 3.8) is 0 Å². The number of ether oxygens (including phenoxy) is 1. The molecule has 0 saturated carbocycles. The van der Waals surface area contributed by atoms with Crippen LogP contribution < -0.4 is 0 Å². The summed E-state index contributed by atoms with van der Waals surface area (Å²) in [6.07, 6.45) is 0. The molecule has 144 valence electrons. The highest BCUT2D eigenvalue weighted by atomic mass is 32.2. The van der Waals surface area contributed by atoms with Gasteiger partial charge < -0.3 is 4.74 Å².